The van der Waals surface area contributed by atoms with Crippen LogP contribution in [0.4, 0.5) is 8.78 Å². The van der Waals surface area contributed by atoms with Crippen LogP contribution in [-0.2, 0) is 15.9 Å². The van der Waals surface area contributed by atoms with E-state index in [4.69, 9.17) is 9.47 Å². The van der Waals surface area contributed by atoms with Gasteiger partial charge in [0.25, 0.3) is 0 Å². The van der Waals surface area contributed by atoms with E-state index in [0.717, 1.165) is 41.4 Å². The van der Waals surface area contributed by atoms with Crippen molar-refractivity contribution in [1.29, 1.82) is 0 Å². The highest BCUT2D eigenvalue weighted by Gasteiger charge is 2.75. The van der Waals surface area contributed by atoms with E-state index in [1.54, 1.807) is 12.1 Å². The summed E-state index contributed by atoms with van der Waals surface area (Å²) in [7, 11) is 1.25. The molecule has 0 radical (unpaired) electrons. The van der Waals surface area contributed by atoms with Gasteiger partial charge in [0.15, 0.2) is 5.60 Å². The van der Waals surface area contributed by atoms with E-state index in [1.165, 1.54) is 31.4 Å². The standard InChI is InChI=1S/C26H18F2N2O3/c1-32-24(31)22-13-20(28)3-2-16(22)8-10-25-11-9-18-12-23-17(14-26(18,25)33-25)15-29-30(23)21-6-4-19(27)5-7-21/h2-7,12-13,15H,9,11,14H2,1H3. The Labute approximate surface area is 188 Å². The molecule has 7 heteroatoms. The van der Waals surface area contributed by atoms with Gasteiger partial charge in [0.1, 0.15) is 17.2 Å². The summed E-state index contributed by atoms with van der Waals surface area (Å²) in [5.41, 5.74) is 3.29. The maximum atomic E-state index is 13.7. The zero-order chi connectivity index (χ0) is 22.8. The molecule has 5 nitrogen and oxygen atoms in total. The van der Waals surface area contributed by atoms with Gasteiger partial charge in [-0.2, -0.15) is 5.10 Å². The third-order valence-corrected chi connectivity index (χ3v) is 6.72. The molecule has 2 aromatic carbocycles. The van der Waals surface area contributed by atoms with Gasteiger partial charge in [0.2, 0.25) is 0 Å². The van der Waals surface area contributed by atoms with E-state index >= 15 is 0 Å². The molecule has 0 N–H and O–H groups in total. The molecule has 2 fully saturated rings. The summed E-state index contributed by atoms with van der Waals surface area (Å²) in [6.45, 7) is 0. The second-order valence-corrected chi connectivity index (χ2v) is 8.48. The number of methoxy groups -OCH3 is 1. The fourth-order valence-electron chi connectivity index (χ4n) is 5.01. The van der Waals surface area contributed by atoms with E-state index < -0.39 is 23.0 Å². The van der Waals surface area contributed by atoms with Gasteiger partial charge < -0.3 is 9.47 Å². The molecule has 3 aromatic rings. The number of hydrogen-bond acceptors (Lipinski definition) is 4. The molecule has 6 rings (SSSR count). The van der Waals surface area contributed by atoms with E-state index in [1.807, 2.05) is 10.9 Å². The van der Waals surface area contributed by atoms with Crippen molar-refractivity contribution in [3.05, 3.63) is 88.3 Å². The van der Waals surface area contributed by atoms with Gasteiger partial charge in [-0.05, 0) is 67.0 Å². The Morgan fingerprint density at radius 1 is 1.18 bits per heavy atom. The number of nitrogens with zero attached hydrogens (tertiary/aromatic N) is 2. The normalized spacial score (nSPS) is 24.0. The Hall–Kier alpha value is -3.76. The molecule has 1 saturated carbocycles. The van der Waals surface area contributed by atoms with Gasteiger partial charge in [-0.25, -0.2) is 18.3 Å². The number of carbonyl (C=O) groups excluding carboxylic acids is 1. The van der Waals surface area contributed by atoms with Crippen molar-refractivity contribution in [2.75, 3.05) is 7.11 Å². The molecule has 2 aliphatic carbocycles. The summed E-state index contributed by atoms with van der Waals surface area (Å²) in [6, 6.07) is 10.1. The zero-order valence-electron chi connectivity index (χ0n) is 17.7. The van der Waals surface area contributed by atoms with Crippen LogP contribution in [0.1, 0.15) is 40.0 Å². The number of ether oxygens (including phenoxy) is 2. The topological polar surface area (TPSA) is 56.6 Å². The van der Waals surface area contributed by atoms with Crippen LogP contribution in [0.5, 0.6) is 0 Å². The van der Waals surface area contributed by atoms with Crippen molar-refractivity contribution in [1.82, 2.24) is 9.78 Å². The Morgan fingerprint density at radius 3 is 2.76 bits per heavy atom. The summed E-state index contributed by atoms with van der Waals surface area (Å²) in [5, 5.41) is 4.51. The van der Waals surface area contributed by atoms with Crippen LogP contribution in [0.2, 0.25) is 0 Å². The number of epoxide rings is 1. The Kier molecular flexibility index (Phi) is 4.14. The Balaban J connectivity index is 1.34. The second-order valence-electron chi connectivity index (χ2n) is 8.48. The lowest BCUT2D eigenvalue weighted by atomic mass is 9.83. The summed E-state index contributed by atoms with van der Waals surface area (Å²) in [6.07, 6.45) is 6.11. The molecular formula is C26H18F2N2O3. The Morgan fingerprint density at radius 2 is 1.97 bits per heavy atom. The fraction of sp³-hybridized carbons (Fsp3) is 0.231. The highest BCUT2D eigenvalue weighted by atomic mass is 19.1. The highest BCUT2D eigenvalue weighted by Crippen LogP contribution is 2.65. The van der Waals surface area contributed by atoms with Crippen molar-refractivity contribution in [2.24, 2.45) is 0 Å². The largest absolute Gasteiger partial charge is 0.465 e. The molecule has 3 aliphatic rings. The number of hydrogen-bond donors (Lipinski definition) is 0. The lowest BCUT2D eigenvalue weighted by Crippen LogP contribution is -2.25. The molecule has 2 heterocycles. The first kappa shape index (κ1) is 19.9. The molecule has 164 valence electrons. The molecule has 2 unspecified atom stereocenters. The van der Waals surface area contributed by atoms with E-state index in [0.29, 0.717) is 12.0 Å². The maximum absolute atomic E-state index is 13.7. The number of esters is 1. The predicted molar refractivity (Wildman–Crippen MR) is 116 cm³/mol. The third-order valence-electron chi connectivity index (χ3n) is 6.72. The average molecular weight is 444 g/mol. The Bertz CT molecular complexity index is 1410. The SMILES string of the molecule is COC(=O)c1cc(F)ccc1C#CC12CCC3=Cc4c(cnn4-c4ccc(F)cc4)CC31O2. The average Bonchev–Trinajstić information content (AvgIpc) is 3.09. The quantitative estimate of drug-likeness (QED) is 0.337. The molecule has 1 saturated heterocycles. The van der Waals surface area contributed by atoms with Crippen LogP contribution in [0.15, 0.2) is 54.2 Å². The first-order valence-electron chi connectivity index (χ1n) is 10.6. The summed E-state index contributed by atoms with van der Waals surface area (Å²) < 4.78 is 39.8. The van der Waals surface area contributed by atoms with E-state index in [2.05, 4.69) is 23.0 Å². The second kappa shape index (κ2) is 6.87. The molecule has 1 aliphatic heterocycles. The van der Waals surface area contributed by atoms with Gasteiger partial charge in [-0.1, -0.05) is 11.8 Å². The minimum atomic E-state index is -0.643. The van der Waals surface area contributed by atoms with Gasteiger partial charge >= 0.3 is 5.97 Å². The minimum Gasteiger partial charge on any atom is -0.465 e. The fourth-order valence-corrected chi connectivity index (χ4v) is 5.01. The van der Waals surface area contributed by atoms with Crippen molar-refractivity contribution in [3.63, 3.8) is 0 Å². The molecule has 1 spiro atoms. The minimum absolute atomic E-state index is 0.0939. The maximum Gasteiger partial charge on any atom is 0.339 e. The predicted octanol–water partition coefficient (Wildman–Crippen LogP) is 4.23. The molecule has 2 atom stereocenters. The lowest BCUT2D eigenvalue weighted by Gasteiger charge is -2.19. The molecule has 33 heavy (non-hydrogen) atoms. The van der Waals surface area contributed by atoms with Crippen LogP contribution in [0.3, 0.4) is 0 Å². The third kappa shape index (κ3) is 2.87. The van der Waals surface area contributed by atoms with E-state index in [9.17, 15) is 13.6 Å². The molecule has 0 amide bonds. The number of benzene rings is 2. The van der Waals surface area contributed by atoms with E-state index in [-0.39, 0.29) is 11.4 Å². The van der Waals surface area contributed by atoms with Crippen LogP contribution < -0.4 is 0 Å². The van der Waals surface area contributed by atoms with Crippen LogP contribution in [-0.4, -0.2) is 34.1 Å². The summed E-state index contributed by atoms with van der Waals surface area (Å²) in [4.78, 5) is 12.0. The zero-order valence-corrected chi connectivity index (χ0v) is 17.7. The van der Waals surface area contributed by atoms with Crippen molar-refractivity contribution >= 4 is 12.0 Å². The number of rotatable bonds is 2. The summed E-state index contributed by atoms with van der Waals surface area (Å²) >= 11 is 0. The smallest absolute Gasteiger partial charge is 0.339 e. The van der Waals surface area contributed by atoms with Crippen LogP contribution >= 0.6 is 0 Å². The lowest BCUT2D eigenvalue weighted by molar-refractivity contribution is 0.0600. The van der Waals surface area contributed by atoms with Crippen molar-refractivity contribution < 1.29 is 23.0 Å². The molecule has 0 bridgehead atoms. The number of aromatic nitrogens is 2. The first-order chi connectivity index (χ1) is 15.9. The number of carbonyl (C=O) groups is 1. The van der Waals surface area contributed by atoms with Crippen molar-refractivity contribution in [3.8, 4) is 17.5 Å². The number of fused-ring (bicyclic) bond motifs is 1. The van der Waals surface area contributed by atoms with Gasteiger partial charge in [-0.3, -0.25) is 0 Å². The molecular weight excluding hydrogens is 426 g/mol. The van der Waals surface area contributed by atoms with Gasteiger partial charge in [0.05, 0.1) is 30.3 Å². The number of halogens is 2. The van der Waals surface area contributed by atoms with Gasteiger partial charge in [-0.15, -0.1) is 0 Å². The first-order valence-corrected chi connectivity index (χ1v) is 10.6. The van der Waals surface area contributed by atoms with Crippen molar-refractivity contribution in [2.45, 2.75) is 30.5 Å². The highest BCUT2D eigenvalue weighted by molar-refractivity contribution is 5.92. The van der Waals surface area contributed by atoms with Crippen LogP contribution in [0, 0.1) is 23.5 Å². The van der Waals surface area contributed by atoms with Crippen LogP contribution in [0.25, 0.3) is 11.8 Å². The van der Waals surface area contributed by atoms with Gasteiger partial charge in [0, 0.05) is 17.5 Å². The molecule has 1 aromatic heterocycles. The monoisotopic (exact) mass is 444 g/mol. The summed E-state index contributed by atoms with van der Waals surface area (Å²) in [5.74, 6) is 4.83.